The van der Waals surface area contributed by atoms with Crippen LogP contribution in [-0.2, 0) is 20.8 Å². The van der Waals surface area contributed by atoms with Gasteiger partial charge in [0.1, 0.15) is 11.6 Å². The molecule has 2 aromatic carbocycles. The molecule has 0 spiro atoms. The first-order valence-electron chi connectivity index (χ1n) is 11.1. The van der Waals surface area contributed by atoms with Crippen molar-refractivity contribution in [3.05, 3.63) is 60.2 Å². The number of amides is 5. The van der Waals surface area contributed by atoms with Crippen molar-refractivity contribution in [3.63, 3.8) is 0 Å². The Morgan fingerprint density at radius 3 is 2.45 bits per heavy atom. The van der Waals surface area contributed by atoms with Crippen molar-refractivity contribution in [1.29, 1.82) is 0 Å². The summed E-state index contributed by atoms with van der Waals surface area (Å²) < 4.78 is 0. The van der Waals surface area contributed by atoms with Gasteiger partial charge in [-0.3, -0.25) is 19.3 Å². The molecule has 33 heavy (non-hydrogen) atoms. The monoisotopic (exact) mass is 448 g/mol. The van der Waals surface area contributed by atoms with E-state index in [4.69, 9.17) is 0 Å². The average molecular weight is 449 g/mol. The molecule has 1 atom stereocenters. The molecule has 0 saturated carbocycles. The lowest BCUT2D eigenvalue weighted by molar-refractivity contribution is -0.143. The van der Waals surface area contributed by atoms with Crippen LogP contribution in [0.2, 0.25) is 0 Å². The predicted molar refractivity (Wildman–Crippen MR) is 123 cm³/mol. The summed E-state index contributed by atoms with van der Waals surface area (Å²) in [7, 11) is 0. The topological polar surface area (TPSA) is 98.8 Å². The second-order valence-corrected chi connectivity index (χ2v) is 8.93. The molecule has 2 fully saturated rings. The second kappa shape index (κ2) is 9.05. The van der Waals surface area contributed by atoms with Gasteiger partial charge in [0.2, 0.25) is 11.8 Å². The molecule has 1 unspecified atom stereocenters. The lowest BCUT2D eigenvalue weighted by Gasteiger charge is -2.35. The lowest BCUT2D eigenvalue weighted by Crippen LogP contribution is -2.58. The molecule has 4 rings (SSSR count). The Hall–Kier alpha value is -3.68. The highest BCUT2D eigenvalue weighted by Gasteiger charge is 2.44. The number of piperazine rings is 1. The minimum Gasteiger partial charge on any atom is -0.353 e. The lowest BCUT2D eigenvalue weighted by atomic mass is 9.97. The van der Waals surface area contributed by atoms with E-state index in [1.807, 2.05) is 54.6 Å². The molecule has 2 heterocycles. The molecule has 2 aliphatic rings. The van der Waals surface area contributed by atoms with Gasteiger partial charge in [0.15, 0.2) is 0 Å². The van der Waals surface area contributed by atoms with Crippen LogP contribution in [0.15, 0.2) is 54.6 Å². The van der Waals surface area contributed by atoms with Crippen molar-refractivity contribution >= 4 is 23.8 Å². The first-order valence-corrected chi connectivity index (χ1v) is 11.1. The van der Waals surface area contributed by atoms with Crippen molar-refractivity contribution < 1.29 is 19.2 Å². The zero-order valence-corrected chi connectivity index (χ0v) is 18.8. The van der Waals surface area contributed by atoms with E-state index in [0.29, 0.717) is 19.5 Å². The Labute approximate surface area is 192 Å². The maximum absolute atomic E-state index is 13.0. The van der Waals surface area contributed by atoms with Crippen LogP contribution in [0, 0.1) is 0 Å². The van der Waals surface area contributed by atoms with Crippen molar-refractivity contribution in [3.8, 4) is 11.1 Å². The van der Waals surface area contributed by atoms with Crippen LogP contribution in [0.1, 0.15) is 25.8 Å². The predicted octanol–water partition coefficient (Wildman–Crippen LogP) is 1.94. The summed E-state index contributed by atoms with van der Waals surface area (Å²) in [6.45, 7) is 4.01. The van der Waals surface area contributed by atoms with E-state index in [0.717, 1.165) is 21.6 Å². The number of hydrogen-bond acceptors (Lipinski definition) is 4. The van der Waals surface area contributed by atoms with Gasteiger partial charge in [0.05, 0.1) is 0 Å². The van der Waals surface area contributed by atoms with Gasteiger partial charge < -0.3 is 15.5 Å². The molecule has 0 aromatic heterocycles. The van der Waals surface area contributed by atoms with E-state index in [1.165, 1.54) is 0 Å². The highest BCUT2D eigenvalue weighted by Crippen LogP contribution is 2.22. The number of hydrogen-bond donors (Lipinski definition) is 2. The van der Waals surface area contributed by atoms with E-state index in [9.17, 15) is 19.2 Å². The highest BCUT2D eigenvalue weighted by molar-refractivity contribution is 6.06. The summed E-state index contributed by atoms with van der Waals surface area (Å²) in [5, 5.41) is 5.46. The van der Waals surface area contributed by atoms with Gasteiger partial charge >= 0.3 is 6.03 Å². The van der Waals surface area contributed by atoms with E-state index in [2.05, 4.69) is 10.6 Å². The standard InChI is InChI=1S/C25H28N4O4/c1-25(2)23(32)29(24(33)27-25)13-11-21(30)28-14-12-26-22(31)20(28)16-17-7-6-10-19(15-17)18-8-4-3-5-9-18/h3-10,15,20H,11-14,16H2,1-2H3,(H,26,31)(H,27,33). The fourth-order valence-electron chi connectivity index (χ4n) is 4.32. The molecule has 172 valence electrons. The van der Waals surface area contributed by atoms with E-state index < -0.39 is 17.6 Å². The van der Waals surface area contributed by atoms with Gasteiger partial charge in [0.25, 0.3) is 5.91 Å². The Balaban J connectivity index is 1.46. The molecular formula is C25H28N4O4. The van der Waals surface area contributed by atoms with Gasteiger partial charge in [-0.05, 0) is 30.5 Å². The Kier molecular flexibility index (Phi) is 6.18. The van der Waals surface area contributed by atoms with Crippen LogP contribution in [0.3, 0.4) is 0 Å². The minimum atomic E-state index is -0.975. The number of nitrogens with zero attached hydrogens (tertiary/aromatic N) is 2. The smallest absolute Gasteiger partial charge is 0.325 e. The van der Waals surface area contributed by atoms with Gasteiger partial charge in [-0.1, -0.05) is 54.6 Å². The van der Waals surface area contributed by atoms with Gasteiger partial charge in [-0.15, -0.1) is 0 Å². The van der Waals surface area contributed by atoms with Crippen LogP contribution in [0.25, 0.3) is 11.1 Å². The Morgan fingerprint density at radius 2 is 1.76 bits per heavy atom. The number of carbonyl (C=O) groups is 4. The van der Waals surface area contributed by atoms with E-state index >= 15 is 0 Å². The van der Waals surface area contributed by atoms with Crippen LogP contribution in [0.5, 0.6) is 0 Å². The third-order valence-corrected chi connectivity index (χ3v) is 6.11. The number of benzene rings is 2. The summed E-state index contributed by atoms with van der Waals surface area (Å²) in [6.07, 6.45) is 0.359. The van der Waals surface area contributed by atoms with Gasteiger partial charge in [-0.25, -0.2) is 4.79 Å². The van der Waals surface area contributed by atoms with Crippen LogP contribution < -0.4 is 10.6 Å². The number of urea groups is 1. The number of rotatable bonds is 6. The molecule has 2 aromatic rings. The molecule has 8 heteroatoms. The zero-order chi connectivity index (χ0) is 23.6. The third kappa shape index (κ3) is 4.74. The van der Waals surface area contributed by atoms with Gasteiger partial charge in [0, 0.05) is 32.5 Å². The first kappa shape index (κ1) is 22.5. The van der Waals surface area contributed by atoms with Crippen molar-refractivity contribution in [1.82, 2.24) is 20.4 Å². The summed E-state index contributed by atoms with van der Waals surface area (Å²) in [6, 6.07) is 16.8. The molecule has 2 N–H and O–H groups in total. The summed E-state index contributed by atoms with van der Waals surface area (Å²) in [5.41, 5.74) is 2.10. The van der Waals surface area contributed by atoms with Gasteiger partial charge in [-0.2, -0.15) is 0 Å². The van der Waals surface area contributed by atoms with Crippen molar-refractivity contribution in [2.24, 2.45) is 0 Å². The van der Waals surface area contributed by atoms with Crippen LogP contribution in [0.4, 0.5) is 4.79 Å². The summed E-state index contributed by atoms with van der Waals surface area (Å²) >= 11 is 0. The molecule has 0 bridgehead atoms. The number of carbonyl (C=O) groups excluding carboxylic acids is 4. The summed E-state index contributed by atoms with van der Waals surface area (Å²) in [5.74, 6) is -0.804. The fourth-order valence-corrected chi connectivity index (χ4v) is 4.32. The average Bonchev–Trinajstić information content (AvgIpc) is 3.00. The maximum Gasteiger partial charge on any atom is 0.325 e. The van der Waals surface area contributed by atoms with Crippen LogP contribution in [-0.4, -0.2) is 64.8 Å². The maximum atomic E-state index is 13.0. The molecule has 2 aliphatic heterocycles. The summed E-state index contributed by atoms with van der Waals surface area (Å²) in [4.78, 5) is 52.8. The number of imide groups is 1. The van der Waals surface area contributed by atoms with Crippen LogP contribution >= 0.6 is 0 Å². The first-order chi connectivity index (χ1) is 15.8. The SMILES string of the molecule is CC1(C)NC(=O)N(CCC(=O)N2CCNC(=O)C2Cc2cccc(-c3ccccc3)c2)C1=O. The third-order valence-electron chi connectivity index (χ3n) is 6.11. The number of nitrogens with one attached hydrogen (secondary N) is 2. The second-order valence-electron chi connectivity index (χ2n) is 8.93. The van der Waals surface area contributed by atoms with Crippen molar-refractivity contribution in [2.75, 3.05) is 19.6 Å². The molecule has 2 saturated heterocycles. The van der Waals surface area contributed by atoms with Crippen molar-refractivity contribution in [2.45, 2.75) is 38.3 Å². The minimum absolute atomic E-state index is 0.0126. The zero-order valence-electron chi connectivity index (χ0n) is 18.8. The quantitative estimate of drug-likeness (QED) is 0.660. The largest absolute Gasteiger partial charge is 0.353 e. The Bertz CT molecular complexity index is 1080. The normalized spacial score (nSPS) is 19.9. The fraction of sp³-hybridized carbons (Fsp3) is 0.360. The molecule has 0 aliphatic carbocycles. The molecule has 5 amide bonds. The Morgan fingerprint density at radius 1 is 1.03 bits per heavy atom. The van der Waals surface area contributed by atoms with E-state index in [-0.39, 0.29) is 30.7 Å². The highest BCUT2D eigenvalue weighted by atomic mass is 16.2. The van der Waals surface area contributed by atoms with E-state index in [1.54, 1.807) is 18.7 Å². The molecular weight excluding hydrogens is 420 g/mol. The molecule has 0 radical (unpaired) electrons. The molecule has 8 nitrogen and oxygen atoms in total.